The van der Waals surface area contributed by atoms with E-state index in [1.54, 1.807) is 0 Å². The van der Waals surface area contributed by atoms with Gasteiger partial charge in [0.05, 0.1) is 0 Å². The SMILES string of the molecule is Cc1ccccc1CN1CCN(C(=O)C2CC=CCC2)CCC1=O. The van der Waals surface area contributed by atoms with E-state index in [4.69, 9.17) is 0 Å². The molecule has 0 spiro atoms. The van der Waals surface area contributed by atoms with Gasteiger partial charge in [-0.1, -0.05) is 36.4 Å². The fraction of sp³-hybridized carbons (Fsp3) is 0.500. The van der Waals surface area contributed by atoms with Crippen molar-refractivity contribution in [1.29, 1.82) is 0 Å². The molecule has 0 bridgehead atoms. The maximum absolute atomic E-state index is 12.7. The van der Waals surface area contributed by atoms with E-state index in [2.05, 4.69) is 31.2 Å². The molecule has 128 valence electrons. The molecule has 0 radical (unpaired) electrons. The second-order valence-electron chi connectivity index (χ2n) is 6.80. The topological polar surface area (TPSA) is 40.6 Å². The lowest BCUT2D eigenvalue weighted by molar-refractivity contribution is -0.135. The summed E-state index contributed by atoms with van der Waals surface area (Å²) in [6, 6.07) is 8.17. The molecule has 1 aliphatic heterocycles. The summed E-state index contributed by atoms with van der Waals surface area (Å²) in [5.74, 6) is 0.481. The number of hydrogen-bond donors (Lipinski definition) is 0. The average Bonchev–Trinajstić information content (AvgIpc) is 2.79. The Morgan fingerprint density at radius 3 is 2.75 bits per heavy atom. The van der Waals surface area contributed by atoms with Crippen molar-refractivity contribution in [2.75, 3.05) is 19.6 Å². The van der Waals surface area contributed by atoms with E-state index >= 15 is 0 Å². The minimum absolute atomic E-state index is 0.105. The van der Waals surface area contributed by atoms with Crippen LogP contribution in [-0.2, 0) is 16.1 Å². The largest absolute Gasteiger partial charge is 0.340 e. The first-order valence-electron chi connectivity index (χ1n) is 8.91. The Morgan fingerprint density at radius 2 is 2.00 bits per heavy atom. The van der Waals surface area contributed by atoms with Crippen molar-refractivity contribution in [3.05, 3.63) is 47.5 Å². The molecule has 0 N–H and O–H groups in total. The number of allylic oxidation sites excluding steroid dienone is 2. The highest BCUT2D eigenvalue weighted by molar-refractivity contribution is 5.82. The van der Waals surface area contributed by atoms with Crippen LogP contribution in [0.25, 0.3) is 0 Å². The average molecular weight is 326 g/mol. The summed E-state index contributed by atoms with van der Waals surface area (Å²) in [6.07, 6.45) is 7.46. The van der Waals surface area contributed by atoms with E-state index in [1.165, 1.54) is 11.1 Å². The lowest BCUT2D eigenvalue weighted by atomic mass is 9.93. The second kappa shape index (κ2) is 7.65. The number of carbonyl (C=O) groups excluding carboxylic acids is 2. The van der Waals surface area contributed by atoms with Gasteiger partial charge in [-0.3, -0.25) is 9.59 Å². The number of hydrogen-bond acceptors (Lipinski definition) is 2. The zero-order valence-electron chi connectivity index (χ0n) is 14.4. The van der Waals surface area contributed by atoms with Crippen molar-refractivity contribution >= 4 is 11.8 Å². The van der Waals surface area contributed by atoms with Gasteiger partial charge < -0.3 is 9.80 Å². The highest BCUT2D eigenvalue weighted by Gasteiger charge is 2.28. The van der Waals surface area contributed by atoms with Crippen molar-refractivity contribution in [2.24, 2.45) is 5.92 Å². The van der Waals surface area contributed by atoms with E-state index in [0.29, 0.717) is 32.6 Å². The normalized spacial score (nSPS) is 21.7. The molecule has 1 atom stereocenters. The maximum atomic E-state index is 12.7. The molecular formula is C20H26N2O2. The molecule has 1 saturated heterocycles. The molecule has 4 nitrogen and oxygen atoms in total. The quantitative estimate of drug-likeness (QED) is 0.801. The molecule has 2 aliphatic rings. The summed E-state index contributed by atoms with van der Waals surface area (Å²) >= 11 is 0. The Hall–Kier alpha value is -2.10. The zero-order chi connectivity index (χ0) is 16.9. The van der Waals surface area contributed by atoms with Crippen LogP contribution in [0.15, 0.2) is 36.4 Å². The van der Waals surface area contributed by atoms with E-state index in [-0.39, 0.29) is 17.7 Å². The van der Waals surface area contributed by atoms with Crippen molar-refractivity contribution in [3.63, 3.8) is 0 Å². The molecule has 2 amide bonds. The van der Waals surface area contributed by atoms with Gasteiger partial charge in [-0.15, -0.1) is 0 Å². The van der Waals surface area contributed by atoms with Crippen LogP contribution in [0.5, 0.6) is 0 Å². The number of aryl methyl sites for hydroxylation is 1. The predicted molar refractivity (Wildman–Crippen MR) is 94.3 cm³/mol. The van der Waals surface area contributed by atoms with Gasteiger partial charge in [0.25, 0.3) is 0 Å². The van der Waals surface area contributed by atoms with Crippen LogP contribution in [0, 0.1) is 12.8 Å². The van der Waals surface area contributed by atoms with Crippen LogP contribution in [0.1, 0.15) is 36.8 Å². The summed E-state index contributed by atoms with van der Waals surface area (Å²) in [7, 11) is 0. The molecule has 0 saturated carbocycles. The van der Waals surface area contributed by atoms with E-state index in [0.717, 1.165) is 19.3 Å². The number of amides is 2. The maximum Gasteiger partial charge on any atom is 0.226 e. The van der Waals surface area contributed by atoms with Gasteiger partial charge in [-0.05, 0) is 37.3 Å². The number of carbonyl (C=O) groups is 2. The molecule has 24 heavy (non-hydrogen) atoms. The van der Waals surface area contributed by atoms with E-state index in [9.17, 15) is 9.59 Å². The lowest BCUT2D eigenvalue weighted by Gasteiger charge is -2.27. The van der Waals surface area contributed by atoms with Gasteiger partial charge in [-0.2, -0.15) is 0 Å². The first kappa shape index (κ1) is 16.7. The summed E-state index contributed by atoms with van der Waals surface area (Å²) in [6.45, 7) is 4.55. The highest BCUT2D eigenvalue weighted by atomic mass is 16.2. The molecule has 4 heteroatoms. The highest BCUT2D eigenvalue weighted by Crippen LogP contribution is 2.22. The van der Waals surface area contributed by atoms with Crippen LogP contribution in [0.4, 0.5) is 0 Å². The lowest BCUT2D eigenvalue weighted by Crippen LogP contribution is -2.39. The number of rotatable bonds is 3. The molecule has 1 fully saturated rings. The molecule has 1 heterocycles. The van der Waals surface area contributed by atoms with E-state index in [1.807, 2.05) is 21.9 Å². The standard InChI is InChI=1S/C20H26N2O2/c1-16-7-5-6-10-18(16)15-22-14-13-21(12-11-19(22)23)20(24)17-8-3-2-4-9-17/h2-3,5-7,10,17H,4,8-9,11-15H2,1H3. The van der Waals surface area contributed by atoms with Crippen molar-refractivity contribution in [1.82, 2.24) is 9.80 Å². The molecule has 1 aliphatic carbocycles. The van der Waals surface area contributed by atoms with Crippen molar-refractivity contribution in [3.8, 4) is 0 Å². The Kier molecular flexibility index (Phi) is 5.34. The smallest absolute Gasteiger partial charge is 0.226 e. The van der Waals surface area contributed by atoms with Crippen LogP contribution in [0.2, 0.25) is 0 Å². The molecule has 3 rings (SSSR count). The summed E-state index contributed by atoms with van der Waals surface area (Å²) in [4.78, 5) is 28.9. The summed E-state index contributed by atoms with van der Waals surface area (Å²) in [5, 5.41) is 0. The first-order valence-corrected chi connectivity index (χ1v) is 8.91. The zero-order valence-corrected chi connectivity index (χ0v) is 14.4. The number of nitrogens with zero attached hydrogens (tertiary/aromatic N) is 2. The van der Waals surface area contributed by atoms with Gasteiger partial charge in [0.1, 0.15) is 0 Å². The first-order chi connectivity index (χ1) is 11.6. The fourth-order valence-electron chi connectivity index (χ4n) is 3.52. The third-order valence-electron chi connectivity index (χ3n) is 5.14. The Balaban J connectivity index is 1.62. The van der Waals surface area contributed by atoms with Gasteiger partial charge in [0, 0.05) is 38.5 Å². The molecule has 1 unspecified atom stereocenters. The van der Waals surface area contributed by atoms with Gasteiger partial charge in [-0.25, -0.2) is 0 Å². The molecule has 1 aromatic rings. The van der Waals surface area contributed by atoms with Crippen LogP contribution in [0.3, 0.4) is 0 Å². The van der Waals surface area contributed by atoms with Crippen molar-refractivity contribution in [2.45, 2.75) is 39.2 Å². The third kappa shape index (κ3) is 3.86. The second-order valence-corrected chi connectivity index (χ2v) is 6.80. The molecule has 0 aromatic heterocycles. The Bertz CT molecular complexity index is 638. The predicted octanol–water partition coefficient (Wildman–Crippen LogP) is 2.91. The molecular weight excluding hydrogens is 300 g/mol. The third-order valence-corrected chi connectivity index (χ3v) is 5.14. The van der Waals surface area contributed by atoms with Crippen molar-refractivity contribution < 1.29 is 9.59 Å². The van der Waals surface area contributed by atoms with Gasteiger partial charge >= 0.3 is 0 Å². The van der Waals surface area contributed by atoms with Crippen LogP contribution in [-0.4, -0.2) is 41.2 Å². The van der Waals surface area contributed by atoms with E-state index < -0.39 is 0 Å². The Labute approximate surface area is 144 Å². The Morgan fingerprint density at radius 1 is 1.17 bits per heavy atom. The monoisotopic (exact) mass is 326 g/mol. The summed E-state index contributed by atoms with van der Waals surface area (Å²) in [5.41, 5.74) is 2.39. The van der Waals surface area contributed by atoms with Gasteiger partial charge in [0.15, 0.2) is 0 Å². The van der Waals surface area contributed by atoms with Gasteiger partial charge in [0.2, 0.25) is 11.8 Å². The van der Waals surface area contributed by atoms with Crippen LogP contribution >= 0.6 is 0 Å². The van der Waals surface area contributed by atoms with Crippen LogP contribution < -0.4 is 0 Å². The molecule has 1 aromatic carbocycles. The fourth-order valence-corrected chi connectivity index (χ4v) is 3.52. The summed E-state index contributed by atoms with van der Waals surface area (Å²) < 4.78 is 0. The minimum Gasteiger partial charge on any atom is -0.340 e. The minimum atomic E-state index is 0.105. The number of benzene rings is 1.